The van der Waals surface area contributed by atoms with E-state index < -0.39 is 23.4 Å². The second kappa shape index (κ2) is 9.13. The molecule has 3 fully saturated rings. The van der Waals surface area contributed by atoms with Gasteiger partial charge in [0.25, 0.3) is 5.91 Å². The Kier molecular flexibility index (Phi) is 6.15. The molecule has 0 saturated carbocycles. The summed E-state index contributed by atoms with van der Waals surface area (Å²) in [7, 11) is 0. The Balaban J connectivity index is 1.58. The second-order valence-electron chi connectivity index (χ2n) is 9.64. The van der Waals surface area contributed by atoms with Gasteiger partial charge in [0, 0.05) is 38.0 Å². The molecule has 0 spiro atoms. The van der Waals surface area contributed by atoms with E-state index >= 15 is 0 Å². The highest BCUT2D eigenvalue weighted by molar-refractivity contribution is 5.92. The van der Waals surface area contributed by atoms with Crippen molar-refractivity contribution < 1.29 is 18.3 Å². The maximum atomic E-state index is 14.2. The van der Waals surface area contributed by atoms with Crippen molar-refractivity contribution >= 4 is 16.8 Å². The van der Waals surface area contributed by atoms with E-state index in [2.05, 4.69) is 27.8 Å². The lowest BCUT2D eigenvalue weighted by molar-refractivity contribution is -0.137. The van der Waals surface area contributed by atoms with E-state index in [0.29, 0.717) is 36.1 Å². The Labute approximate surface area is 202 Å². The first kappa shape index (κ1) is 23.6. The van der Waals surface area contributed by atoms with Crippen LogP contribution in [0.15, 0.2) is 36.7 Å². The number of rotatable bonds is 6. The summed E-state index contributed by atoms with van der Waals surface area (Å²) in [5.41, 5.74) is -0.622. The lowest BCUT2D eigenvalue weighted by Gasteiger charge is -2.46. The number of carbonyl (C=O) groups excluding carboxylic acids is 1. The van der Waals surface area contributed by atoms with Crippen molar-refractivity contribution in [3.05, 3.63) is 42.4 Å². The molecule has 2 aromatic rings. The van der Waals surface area contributed by atoms with Crippen molar-refractivity contribution in [1.82, 2.24) is 25.1 Å². The summed E-state index contributed by atoms with van der Waals surface area (Å²) in [6, 6.07) is 9.52. The number of fused-ring (bicyclic) bond motifs is 2. The number of nitriles is 1. The number of amides is 1. The summed E-state index contributed by atoms with van der Waals surface area (Å²) in [5.74, 6) is -1.96. The van der Waals surface area contributed by atoms with Crippen LogP contribution in [0.2, 0.25) is 0 Å². The Bertz CT molecular complexity index is 1200. The van der Waals surface area contributed by atoms with Gasteiger partial charge in [-0.1, -0.05) is 24.8 Å². The van der Waals surface area contributed by atoms with Crippen LogP contribution in [0.5, 0.6) is 6.01 Å². The first-order valence-corrected chi connectivity index (χ1v) is 11.9. The lowest BCUT2D eigenvalue weighted by Crippen LogP contribution is -2.61. The SMILES string of the molecule is C=C(F)C(=O)N1CCNCC1(CC#N)c1nc(OC[C@@]23CCCN2C[C@H](F)C3)nc2ccccc12. The molecule has 3 aliphatic heterocycles. The van der Waals surface area contributed by atoms with Crippen molar-refractivity contribution in [3.8, 4) is 12.1 Å². The zero-order chi connectivity index (χ0) is 24.6. The summed E-state index contributed by atoms with van der Waals surface area (Å²) < 4.78 is 34.4. The van der Waals surface area contributed by atoms with Gasteiger partial charge in [-0.15, -0.1) is 0 Å². The highest BCUT2D eigenvalue weighted by atomic mass is 19.1. The number of benzene rings is 1. The summed E-state index contributed by atoms with van der Waals surface area (Å²) in [6.07, 6.45) is 1.25. The van der Waals surface area contributed by atoms with Crippen LogP contribution in [0.1, 0.15) is 31.4 Å². The predicted octanol–water partition coefficient (Wildman–Crippen LogP) is 2.61. The van der Waals surface area contributed by atoms with Crippen LogP contribution in [0, 0.1) is 11.3 Å². The molecule has 3 atom stereocenters. The minimum Gasteiger partial charge on any atom is -0.461 e. The quantitative estimate of drug-likeness (QED) is 0.633. The number of para-hydroxylation sites is 1. The van der Waals surface area contributed by atoms with Crippen molar-refractivity contribution in [3.63, 3.8) is 0 Å². The normalized spacial score (nSPS) is 28.6. The Hall–Kier alpha value is -3.16. The number of hydrogen-bond donors (Lipinski definition) is 1. The molecular formula is C25H28F2N6O2. The van der Waals surface area contributed by atoms with Gasteiger partial charge < -0.3 is 15.0 Å². The molecule has 35 heavy (non-hydrogen) atoms. The van der Waals surface area contributed by atoms with Crippen LogP contribution in [0.25, 0.3) is 10.9 Å². The monoisotopic (exact) mass is 482 g/mol. The van der Waals surface area contributed by atoms with Crippen LogP contribution in [-0.4, -0.2) is 76.7 Å². The van der Waals surface area contributed by atoms with Crippen LogP contribution >= 0.6 is 0 Å². The van der Waals surface area contributed by atoms with Gasteiger partial charge in [-0.05, 0) is 25.5 Å². The number of piperazine rings is 1. The van der Waals surface area contributed by atoms with Gasteiger partial charge in [-0.25, -0.2) is 8.78 Å². The summed E-state index contributed by atoms with van der Waals surface area (Å²) in [5, 5.41) is 13.6. The van der Waals surface area contributed by atoms with Gasteiger partial charge in [-0.3, -0.25) is 9.69 Å². The van der Waals surface area contributed by atoms with Crippen molar-refractivity contribution in [2.24, 2.45) is 0 Å². The minimum absolute atomic E-state index is 0.0941. The minimum atomic E-state index is -1.24. The van der Waals surface area contributed by atoms with Crippen molar-refractivity contribution in [1.29, 1.82) is 5.26 Å². The van der Waals surface area contributed by atoms with E-state index in [9.17, 15) is 18.8 Å². The fourth-order valence-electron chi connectivity index (χ4n) is 5.94. The van der Waals surface area contributed by atoms with Gasteiger partial charge in [0.05, 0.1) is 29.2 Å². The zero-order valence-corrected chi connectivity index (χ0v) is 19.5. The van der Waals surface area contributed by atoms with Gasteiger partial charge in [0.15, 0.2) is 5.83 Å². The molecule has 1 amide bonds. The molecule has 1 aromatic carbocycles. The molecule has 0 aliphatic carbocycles. The number of alkyl halides is 1. The number of ether oxygens (including phenoxy) is 1. The number of halogens is 2. The van der Waals surface area contributed by atoms with Gasteiger partial charge in [0.1, 0.15) is 18.3 Å². The summed E-state index contributed by atoms with van der Waals surface area (Å²) in [6.45, 7) is 5.53. The molecule has 3 saturated heterocycles. The van der Waals surface area contributed by atoms with Gasteiger partial charge in [0.2, 0.25) is 0 Å². The molecule has 1 N–H and O–H groups in total. The van der Waals surface area contributed by atoms with E-state index in [1.54, 1.807) is 6.07 Å². The predicted molar refractivity (Wildman–Crippen MR) is 125 cm³/mol. The summed E-state index contributed by atoms with van der Waals surface area (Å²) in [4.78, 5) is 25.6. The lowest BCUT2D eigenvalue weighted by atomic mass is 9.85. The molecule has 0 radical (unpaired) electrons. The first-order chi connectivity index (χ1) is 16.9. The Morgan fingerprint density at radius 1 is 1.34 bits per heavy atom. The average Bonchev–Trinajstić information content (AvgIpc) is 3.38. The standard InChI is InChI=1S/C25H28F2N6O2/c1-17(26)22(34)33-12-10-29-15-25(33,8-9-28)21-19-5-2-3-6-20(19)30-23(31-21)35-16-24-7-4-11-32(24)14-18(27)13-24/h2-3,5-6,18,29H,1,4,7-8,10-16H2/t18-,24+,25?/m1/s1. The highest BCUT2D eigenvalue weighted by Crippen LogP contribution is 2.41. The zero-order valence-electron chi connectivity index (χ0n) is 19.5. The van der Waals surface area contributed by atoms with E-state index in [1.165, 1.54) is 4.90 Å². The number of hydrogen-bond acceptors (Lipinski definition) is 7. The molecule has 3 aliphatic rings. The molecular weight excluding hydrogens is 454 g/mol. The molecule has 1 aromatic heterocycles. The van der Waals surface area contributed by atoms with E-state index in [4.69, 9.17) is 9.72 Å². The number of carbonyl (C=O) groups is 1. The third kappa shape index (κ3) is 4.02. The van der Waals surface area contributed by atoms with Crippen molar-refractivity contribution in [2.45, 2.75) is 42.9 Å². The third-order valence-corrected chi connectivity index (χ3v) is 7.55. The highest BCUT2D eigenvalue weighted by Gasteiger charge is 2.50. The number of nitrogens with zero attached hydrogens (tertiary/aromatic N) is 5. The Morgan fingerprint density at radius 3 is 2.97 bits per heavy atom. The van der Waals surface area contributed by atoms with E-state index in [0.717, 1.165) is 19.4 Å². The molecule has 5 rings (SSSR count). The molecule has 0 bridgehead atoms. The van der Waals surface area contributed by atoms with Gasteiger partial charge >= 0.3 is 6.01 Å². The molecule has 10 heteroatoms. The van der Waals surface area contributed by atoms with Crippen LogP contribution in [0.3, 0.4) is 0 Å². The van der Waals surface area contributed by atoms with Crippen LogP contribution in [0.4, 0.5) is 8.78 Å². The number of aromatic nitrogens is 2. The maximum absolute atomic E-state index is 14.2. The summed E-state index contributed by atoms with van der Waals surface area (Å²) >= 11 is 0. The largest absolute Gasteiger partial charge is 0.461 e. The Morgan fingerprint density at radius 2 is 2.17 bits per heavy atom. The maximum Gasteiger partial charge on any atom is 0.317 e. The van der Waals surface area contributed by atoms with Crippen molar-refractivity contribution in [2.75, 3.05) is 39.3 Å². The molecule has 184 valence electrons. The van der Waals surface area contributed by atoms with Crippen LogP contribution < -0.4 is 10.1 Å². The van der Waals surface area contributed by atoms with Gasteiger partial charge in [-0.2, -0.15) is 15.2 Å². The fourth-order valence-corrected chi connectivity index (χ4v) is 5.94. The third-order valence-electron chi connectivity index (χ3n) is 7.55. The topological polar surface area (TPSA) is 94.4 Å². The second-order valence-corrected chi connectivity index (χ2v) is 9.64. The smallest absolute Gasteiger partial charge is 0.317 e. The number of nitrogens with one attached hydrogen (secondary N) is 1. The molecule has 4 heterocycles. The van der Waals surface area contributed by atoms with E-state index in [1.807, 2.05) is 18.2 Å². The molecule has 8 nitrogen and oxygen atoms in total. The van der Waals surface area contributed by atoms with E-state index in [-0.39, 0.29) is 37.7 Å². The van der Waals surface area contributed by atoms with Crippen LogP contribution in [-0.2, 0) is 10.3 Å². The molecule has 1 unspecified atom stereocenters. The average molecular weight is 483 g/mol. The first-order valence-electron chi connectivity index (χ1n) is 11.9. The fraction of sp³-hybridized carbons (Fsp3) is 0.520.